The molecule has 26 heavy (non-hydrogen) atoms. The van der Waals surface area contributed by atoms with E-state index >= 15 is 0 Å². The van der Waals surface area contributed by atoms with Crippen molar-refractivity contribution in [2.75, 3.05) is 19.6 Å². The summed E-state index contributed by atoms with van der Waals surface area (Å²) in [6, 6.07) is 19.9. The van der Waals surface area contributed by atoms with Gasteiger partial charge in [0, 0.05) is 19.6 Å². The smallest absolute Gasteiger partial charge is 0.0169 e. The number of benzene rings is 2. The van der Waals surface area contributed by atoms with Crippen molar-refractivity contribution in [2.45, 2.75) is 32.6 Å². The summed E-state index contributed by atoms with van der Waals surface area (Å²) in [5, 5.41) is 0. The van der Waals surface area contributed by atoms with E-state index in [9.17, 15) is 0 Å². The molecule has 0 radical (unpaired) electrons. The molecule has 1 heteroatoms. The third-order valence-electron chi connectivity index (χ3n) is 5.85. The minimum Gasteiger partial charge on any atom is -0.299 e. The zero-order chi connectivity index (χ0) is 17.8. The molecule has 4 rings (SSSR count). The first kappa shape index (κ1) is 17.3. The van der Waals surface area contributed by atoms with Crippen LogP contribution in [0.4, 0.5) is 0 Å². The Kier molecular flexibility index (Phi) is 5.36. The highest BCUT2D eigenvalue weighted by Crippen LogP contribution is 2.32. The van der Waals surface area contributed by atoms with Crippen molar-refractivity contribution in [3.05, 3.63) is 83.4 Å². The Morgan fingerprint density at radius 1 is 0.885 bits per heavy atom. The molecule has 0 amide bonds. The second kappa shape index (κ2) is 8.05. The van der Waals surface area contributed by atoms with Crippen LogP contribution in [-0.4, -0.2) is 24.5 Å². The van der Waals surface area contributed by atoms with Crippen molar-refractivity contribution in [1.29, 1.82) is 0 Å². The molecule has 1 heterocycles. The van der Waals surface area contributed by atoms with Crippen molar-refractivity contribution in [3.63, 3.8) is 0 Å². The summed E-state index contributed by atoms with van der Waals surface area (Å²) in [4.78, 5) is 2.65. The lowest BCUT2D eigenvalue weighted by molar-refractivity contribution is 0.244. The average molecular weight is 344 g/mol. The van der Waals surface area contributed by atoms with Gasteiger partial charge in [-0.15, -0.1) is 0 Å². The lowest BCUT2D eigenvalue weighted by atomic mass is 9.85. The van der Waals surface area contributed by atoms with Gasteiger partial charge in [-0.1, -0.05) is 72.3 Å². The number of allylic oxidation sites excluding steroid dienone is 2. The fourth-order valence-electron chi connectivity index (χ4n) is 4.31. The van der Waals surface area contributed by atoms with Gasteiger partial charge in [-0.05, 0) is 60.8 Å². The van der Waals surface area contributed by atoms with Crippen LogP contribution in [0.5, 0.6) is 0 Å². The van der Waals surface area contributed by atoms with Gasteiger partial charge in [0.15, 0.2) is 0 Å². The minimum atomic E-state index is 0.794. The Labute approximate surface area is 158 Å². The molecule has 1 aliphatic carbocycles. The van der Waals surface area contributed by atoms with E-state index in [1.807, 2.05) is 0 Å². The maximum Gasteiger partial charge on any atom is 0.0169 e. The van der Waals surface area contributed by atoms with E-state index in [1.54, 1.807) is 5.57 Å². The summed E-state index contributed by atoms with van der Waals surface area (Å²) >= 11 is 0. The van der Waals surface area contributed by atoms with Gasteiger partial charge in [-0.25, -0.2) is 0 Å². The SMILES string of the molecule is Cc1ccc(C2=CCC[C@@H](CN3CC=C(c4ccccc4)CC3)C2)cc1. The van der Waals surface area contributed by atoms with Gasteiger partial charge in [-0.2, -0.15) is 0 Å². The van der Waals surface area contributed by atoms with Crippen molar-refractivity contribution < 1.29 is 0 Å². The van der Waals surface area contributed by atoms with Crippen LogP contribution in [-0.2, 0) is 0 Å². The standard InChI is InChI=1S/C25H29N/c1-20-10-12-23(13-11-20)25-9-5-6-21(18-25)19-26-16-14-24(15-17-26)22-7-3-2-4-8-22/h2-4,7-14,21H,5-6,15-19H2,1H3/t21-/m1/s1. The summed E-state index contributed by atoms with van der Waals surface area (Å²) in [5.74, 6) is 0.794. The molecular weight excluding hydrogens is 314 g/mol. The third-order valence-corrected chi connectivity index (χ3v) is 5.85. The Bertz CT molecular complexity index is 783. The van der Waals surface area contributed by atoms with Crippen molar-refractivity contribution in [2.24, 2.45) is 5.92 Å². The largest absolute Gasteiger partial charge is 0.299 e. The van der Waals surface area contributed by atoms with Gasteiger partial charge in [-0.3, -0.25) is 4.90 Å². The van der Waals surface area contributed by atoms with Gasteiger partial charge in [0.1, 0.15) is 0 Å². The molecule has 2 aromatic carbocycles. The molecule has 0 N–H and O–H groups in total. The van der Waals surface area contributed by atoms with E-state index in [4.69, 9.17) is 0 Å². The molecule has 134 valence electrons. The predicted octanol–water partition coefficient (Wildman–Crippen LogP) is 5.97. The van der Waals surface area contributed by atoms with Gasteiger partial charge in [0.2, 0.25) is 0 Å². The lowest BCUT2D eigenvalue weighted by Gasteiger charge is -2.32. The molecule has 0 spiro atoms. The lowest BCUT2D eigenvalue weighted by Crippen LogP contribution is -2.33. The van der Waals surface area contributed by atoms with E-state index in [-0.39, 0.29) is 0 Å². The van der Waals surface area contributed by atoms with Crippen LogP contribution in [0, 0.1) is 12.8 Å². The quantitative estimate of drug-likeness (QED) is 0.661. The first-order chi connectivity index (χ1) is 12.8. The van der Waals surface area contributed by atoms with E-state index in [2.05, 4.69) is 78.6 Å². The van der Waals surface area contributed by atoms with E-state index in [0.717, 1.165) is 12.5 Å². The van der Waals surface area contributed by atoms with Gasteiger partial charge in [0.25, 0.3) is 0 Å². The Hall–Kier alpha value is -2.12. The molecule has 2 aliphatic rings. The van der Waals surface area contributed by atoms with Crippen LogP contribution >= 0.6 is 0 Å². The fourth-order valence-corrected chi connectivity index (χ4v) is 4.31. The molecule has 0 saturated carbocycles. The summed E-state index contributed by atoms with van der Waals surface area (Å²) in [5.41, 5.74) is 7.24. The Balaban J connectivity index is 1.35. The summed E-state index contributed by atoms with van der Waals surface area (Å²) in [6.07, 6.45) is 9.88. The molecule has 0 unspecified atom stereocenters. The maximum absolute atomic E-state index is 2.65. The van der Waals surface area contributed by atoms with Crippen LogP contribution in [0.1, 0.15) is 42.4 Å². The van der Waals surface area contributed by atoms with Gasteiger partial charge < -0.3 is 0 Å². The van der Waals surface area contributed by atoms with E-state index in [1.165, 1.54) is 61.0 Å². The van der Waals surface area contributed by atoms with Crippen LogP contribution in [0.3, 0.4) is 0 Å². The molecule has 1 nitrogen and oxygen atoms in total. The second-order valence-corrected chi connectivity index (χ2v) is 7.85. The summed E-state index contributed by atoms with van der Waals surface area (Å²) in [6.45, 7) is 5.70. The Morgan fingerprint density at radius 2 is 1.65 bits per heavy atom. The highest BCUT2D eigenvalue weighted by molar-refractivity contribution is 5.67. The normalized spacial score (nSPS) is 21.2. The molecule has 0 bridgehead atoms. The number of hydrogen-bond donors (Lipinski definition) is 0. The predicted molar refractivity (Wildman–Crippen MR) is 112 cm³/mol. The monoisotopic (exact) mass is 343 g/mol. The Morgan fingerprint density at radius 3 is 2.38 bits per heavy atom. The maximum atomic E-state index is 2.65. The van der Waals surface area contributed by atoms with Crippen LogP contribution in [0.2, 0.25) is 0 Å². The van der Waals surface area contributed by atoms with Crippen molar-refractivity contribution in [3.8, 4) is 0 Å². The highest BCUT2D eigenvalue weighted by atomic mass is 15.1. The minimum absolute atomic E-state index is 0.794. The molecule has 1 aliphatic heterocycles. The van der Waals surface area contributed by atoms with Crippen LogP contribution in [0.15, 0.2) is 66.7 Å². The average Bonchev–Trinajstić information content (AvgIpc) is 2.70. The first-order valence-electron chi connectivity index (χ1n) is 10.0. The molecule has 1 atom stereocenters. The fraction of sp³-hybridized carbons (Fsp3) is 0.360. The van der Waals surface area contributed by atoms with Crippen LogP contribution < -0.4 is 0 Å². The van der Waals surface area contributed by atoms with E-state index < -0.39 is 0 Å². The molecule has 0 fully saturated rings. The summed E-state index contributed by atoms with van der Waals surface area (Å²) < 4.78 is 0. The topological polar surface area (TPSA) is 3.24 Å². The van der Waals surface area contributed by atoms with E-state index in [0.29, 0.717) is 0 Å². The zero-order valence-corrected chi connectivity index (χ0v) is 15.8. The second-order valence-electron chi connectivity index (χ2n) is 7.85. The zero-order valence-electron chi connectivity index (χ0n) is 15.8. The van der Waals surface area contributed by atoms with Crippen LogP contribution in [0.25, 0.3) is 11.1 Å². The molecule has 0 saturated heterocycles. The van der Waals surface area contributed by atoms with Crippen molar-refractivity contribution >= 4 is 11.1 Å². The number of hydrogen-bond acceptors (Lipinski definition) is 1. The number of rotatable bonds is 4. The van der Waals surface area contributed by atoms with Gasteiger partial charge in [0.05, 0.1) is 0 Å². The number of nitrogens with zero attached hydrogens (tertiary/aromatic N) is 1. The third kappa shape index (κ3) is 4.16. The summed E-state index contributed by atoms with van der Waals surface area (Å²) in [7, 11) is 0. The number of aryl methyl sites for hydroxylation is 1. The highest BCUT2D eigenvalue weighted by Gasteiger charge is 2.21. The molecule has 2 aromatic rings. The van der Waals surface area contributed by atoms with Crippen molar-refractivity contribution in [1.82, 2.24) is 4.90 Å². The molecular formula is C25H29N. The first-order valence-corrected chi connectivity index (χ1v) is 10.0. The molecule has 0 aromatic heterocycles. The van der Waals surface area contributed by atoms with Gasteiger partial charge >= 0.3 is 0 Å².